The molecule has 0 aromatic heterocycles. The summed E-state index contributed by atoms with van der Waals surface area (Å²) in [7, 11) is -0.744. The van der Waals surface area contributed by atoms with Crippen LogP contribution in [0.15, 0.2) is 24.3 Å². The fraction of sp³-hybridized carbons (Fsp3) is 0.571. The summed E-state index contributed by atoms with van der Waals surface area (Å²) in [6, 6.07) is 5.51. The first-order valence-electron chi connectivity index (χ1n) is 6.88. The smallest absolute Gasteiger partial charge is 0.406 e. The van der Waals surface area contributed by atoms with Crippen molar-refractivity contribution in [3.05, 3.63) is 29.8 Å². The molecule has 122 valence electrons. The highest BCUT2D eigenvalue weighted by molar-refractivity contribution is 6.47. The van der Waals surface area contributed by atoms with E-state index in [1.807, 2.05) is 27.7 Å². The molecule has 0 aliphatic carbocycles. The topological polar surface area (TPSA) is 53.7 Å². The van der Waals surface area contributed by atoms with Crippen molar-refractivity contribution in [3.63, 3.8) is 0 Å². The number of halogens is 3. The third-order valence-electron chi connectivity index (χ3n) is 4.04. The molecule has 0 unspecified atom stereocenters. The second-order valence-corrected chi connectivity index (χ2v) is 6.27. The zero-order valence-electron chi connectivity index (χ0n) is 12.9. The third-order valence-corrected chi connectivity index (χ3v) is 4.04. The van der Waals surface area contributed by atoms with Gasteiger partial charge in [0.15, 0.2) is 0 Å². The van der Waals surface area contributed by atoms with Crippen LogP contribution in [0.3, 0.4) is 0 Å². The summed E-state index contributed by atoms with van der Waals surface area (Å²) in [5.74, 6) is -1.05. The number of benzene rings is 1. The predicted octanol–water partition coefficient (Wildman–Crippen LogP) is 3.22. The Morgan fingerprint density at radius 2 is 1.68 bits per heavy atom. The van der Waals surface area contributed by atoms with Crippen molar-refractivity contribution in [2.75, 3.05) is 0 Å². The number of alkyl halides is 3. The Balaban J connectivity index is 2.17. The molecule has 1 aromatic rings. The van der Waals surface area contributed by atoms with Crippen molar-refractivity contribution in [1.29, 1.82) is 0 Å². The van der Waals surface area contributed by atoms with Crippen molar-refractivity contribution in [3.8, 4) is 5.75 Å². The summed E-state index contributed by atoms with van der Waals surface area (Å²) >= 11 is 0. The van der Waals surface area contributed by atoms with Crippen LogP contribution in [-0.4, -0.2) is 24.7 Å². The molecule has 1 saturated heterocycles. The predicted molar refractivity (Wildman–Crippen MR) is 76.1 cm³/mol. The highest BCUT2D eigenvalue weighted by atomic mass is 19.4. The molecule has 2 rings (SSSR count). The second-order valence-electron chi connectivity index (χ2n) is 6.27. The average molecular weight is 317 g/mol. The first kappa shape index (κ1) is 17.1. The van der Waals surface area contributed by atoms with Crippen LogP contribution < -0.4 is 10.5 Å². The maximum Gasteiger partial charge on any atom is 0.573 e. The van der Waals surface area contributed by atoms with Gasteiger partial charge in [0, 0.05) is 0 Å². The Hall–Kier alpha value is -1.25. The molecule has 22 heavy (non-hydrogen) atoms. The number of ether oxygens (including phenoxy) is 1. The maximum absolute atomic E-state index is 12.3. The number of hydrogen-bond acceptors (Lipinski definition) is 4. The summed E-state index contributed by atoms with van der Waals surface area (Å²) < 4.78 is 52.3. The Labute approximate surface area is 127 Å². The summed E-state index contributed by atoms with van der Waals surface area (Å²) in [4.78, 5) is 0. The normalized spacial score (nSPS) is 21.7. The van der Waals surface area contributed by atoms with Crippen molar-refractivity contribution >= 4 is 7.12 Å². The first-order chi connectivity index (χ1) is 9.91. The third kappa shape index (κ3) is 3.56. The lowest BCUT2D eigenvalue weighted by molar-refractivity contribution is -0.274. The molecular weight excluding hydrogens is 298 g/mol. The van der Waals surface area contributed by atoms with Gasteiger partial charge in [0.1, 0.15) is 5.75 Å². The van der Waals surface area contributed by atoms with Gasteiger partial charge in [-0.1, -0.05) is 12.1 Å². The van der Waals surface area contributed by atoms with Crippen LogP contribution in [0.1, 0.15) is 39.2 Å². The molecule has 1 fully saturated rings. The van der Waals surface area contributed by atoms with Gasteiger partial charge in [-0.25, -0.2) is 0 Å². The van der Waals surface area contributed by atoms with E-state index in [1.54, 1.807) is 6.07 Å². The van der Waals surface area contributed by atoms with E-state index in [2.05, 4.69) is 4.74 Å². The largest absolute Gasteiger partial charge is 0.573 e. The SMILES string of the molecule is CC1(C)OB([C@H](N)c2cccc(OC(F)(F)F)c2)OC1(C)C. The minimum atomic E-state index is -4.74. The molecule has 0 spiro atoms. The van der Waals surface area contributed by atoms with Gasteiger partial charge in [0.25, 0.3) is 0 Å². The molecule has 0 saturated carbocycles. The summed E-state index contributed by atoms with van der Waals surface area (Å²) in [5.41, 5.74) is 5.41. The van der Waals surface area contributed by atoms with E-state index in [-0.39, 0.29) is 5.75 Å². The van der Waals surface area contributed by atoms with Crippen LogP contribution in [0.5, 0.6) is 5.75 Å². The molecule has 1 aliphatic rings. The van der Waals surface area contributed by atoms with Gasteiger partial charge in [0.05, 0.1) is 17.1 Å². The van der Waals surface area contributed by atoms with Crippen LogP contribution in [0.2, 0.25) is 0 Å². The van der Waals surface area contributed by atoms with Crippen molar-refractivity contribution in [1.82, 2.24) is 0 Å². The molecule has 4 nitrogen and oxygen atoms in total. The molecule has 1 aliphatic heterocycles. The summed E-state index contributed by atoms with van der Waals surface area (Å²) in [6.07, 6.45) is -4.74. The lowest BCUT2D eigenvalue weighted by atomic mass is 9.75. The molecule has 0 bridgehead atoms. The van der Waals surface area contributed by atoms with Crippen LogP contribution in [0.25, 0.3) is 0 Å². The quantitative estimate of drug-likeness (QED) is 0.870. The van der Waals surface area contributed by atoms with Gasteiger partial charge < -0.3 is 19.8 Å². The van der Waals surface area contributed by atoms with Crippen LogP contribution >= 0.6 is 0 Å². The first-order valence-corrected chi connectivity index (χ1v) is 6.88. The van der Waals surface area contributed by atoms with Gasteiger partial charge in [-0.05, 0) is 45.4 Å². The van der Waals surface area contributed by atoms with Crippen LogP contribution in [0.4, 0.5) is 13.2 Å². The van der Waals surface area contributed by atoms with E-state index in [0.29, 0.717) is 5.56 Å². The van der Waals surface area contributed by atoms with E-state index >= 15 is 0 Å². The number of hydrogen-bond donors (Lipinski definition) is 1. The summed E-state index contributed by atoms with van der Waals surface area (Å²) in [5, 5.41) is 0. The molecule has 8 heteroatoms. The standard InChI is InChI=1S/C14H19BF3NO3/c1-12(2)13(3,4)22-15(21-12)11(19)9-6-5-7-10(8-9)20-14(16,17)18/h5-8,11H,19H2,1-4H3/t11-/m1/s1. The van der Waals surface area contributed by atoms with Crippen molar-refractivity contribution in [2.24, 2.45) is 5.73 Å². The van der Waals surface area contributed by atoms with E-state index in [1.165, 1.54) is 18.2 Å². The molecular formula is C14H19BF3NO3. The van der Waals surface area contributed by atoms with Crippen molar-refractivity contribution in [2.45, 2.75) is 51.2 Å². The van der Waals surface area contributed by atoms with Gasteiger partial charge in [0.2, 0.25) is 0 Å². The Morgan fingerprint density at radius 3 is 2.18 bits per heavy atom. The van der Waals surface area contributed by atoms with Gasteiger partial charge in [-0.2, -0.15) is 0 Å². The van der Waals surface area contributed by atoms with E-state index in [0.717, 1.165) is 0 Å². The fourth-order valence-corrected chi connectivity index (χ4v) is 2.11. The van der Waals surface area contributed by atoms with E-state index in [9.17, 15) is 13.2 Å². The second kappa shape index (κ2) is 5.44. The van der Waals surface area contributed by atoms with E-state index in [4.69, 9.17) is 15.0 Å². The van der Waals surface area contributed by atoms with Gasteiger partial charge >= 0.3 is 13.5 Å². The Kier molecular flexibility index (Phi) is 4.23. The Bertz CT molecular complexity index is 532. The lowest BCUT2D eigenvalue weighted by Gasteiger charge is -2.32. The number of rotatable bonds is 3. The molecule has 1 aromatic carbocycles. The summed E-state index contributed by atoms with van der Waals surface area (Å²) in [6.45, 7) is 7.51. The average Bonchev–Trinajstić information content (AvgIpc) is 2.56. The maximum atomic E-state index is 12.3. The minimum absolute atomic E-state index is 0.322. The van der Waals surface area contributed by atoms with Crippen LogP contribution in [-0.2, 0) is 9.31 Å². The monoisotopic (exact) mass is 317 g/mol. The van der Waals surface area contributed by atoms with Gasteiger partial charge in [-0.3, -0.25) is 0 Å². The van der Waals surface area contributed by atoms with Crippen LogP contribution in [0, 0.1) is 0 Å². The zero-order chi connectivity index (χ0) is 16.8. The fourth-order valence-electron chi connectivity index (χ4n) is 2.11. The molecule has 0 radical (unpaired) electrons. The molecule has 0 amide bonds. The highest BCUT2D eigenvalue weighted by Gasteiger charge is 2.53. The lowest BCUT2D eigenvalue weighted by Crippen LogP contribution is -2.41. The number of nitrogens with two attached hydrogens (primary N) is 1. The highest BCUT2D eigenvalue weighted by Crippen LogP contribution is 2.39. The molecule has 1 atom stereocenters. The molecule has 1 heterocycles. The molecule has 2 N–H and O–H groups in total. The van der Waals surface area contributed by atoms with E-state index < -0.39 is 30.6 Å². The van der Waals surface area contributed by atoms with Crippen molar-refractivity contribution < 1.29 is 27.2 Å². The Morgan fingerprint density at radius 1 is 1.14 bits per heavy atom. The zero-order valence-corrected chi connectivity index (χ0v) is 12.9. The minimum Gasteiger partial charge on any atom is -0.406 e. The van der Waals surface area contributed by atoms with Gasteiger partial charge in [-0.15, -0.1) is 13.2 Å².